The van der Waals surface area contributed by atoms with Crippen LogP contribution in [0.2, 0.25) is 0 Å². The fourth-order valence-corrected chi connectivity index (χ4v) is 0.997. The van der Waals surface area contributed by atoms with Crippen molar-refractivity contribution in [1.82, 2.24) is 0 Å². The van der Waals surface area contributed by atoms with Crippen molar-refractivity contribution in [2.75, 3.05) is 6.61 Å². The average Bonchev–Trinajstić information content (AvgIpc) is 2.32. The number of rotatable bonds is 7. The van der Waals surface area contributed by atoms with Gasteiger partial charge in [-0.05, 0) is 6.42 Å². The molecule has 0 aromatic carbocycles. The highest BCUT2D eigenvalue weighted by atomic mass is 16.3. The van der Waals surface area contributed by atoms with E-state index in [4.69, 9.17) is 10.8 Å². The molecule has 2 unspecified atom stereocenters. The number of carbonyl (C=O) groups is 3. The van der Waals surface area contributed by atoms with Gasteiger partial charge >= 0.3 is 0 Å². The second-order valence-corrected chi connectivity index (χ2v) is 3.27. The largest absolute Gasteiger partial charge is 0.390 e. The number of aliphatic hydroxyl groups excluding tert-OH is 3. The molecule has 0 aliphatic carbocycles. The number of hydrogen-bond acceptors (Lipinski definition) is 7. The van der Waals surface area contributed by atoms with Crippen LogP contribution in [-0.2, 0) is 14.4 Å². The third kappa shape index (κ3) is 3.46. The van der Waals surface area contributed by atoms with Crippen LogP contribution < -0.4 is 5.73 Å². The molecule has 0 saturated heterocycles. The highest BCUT2D eigenvalue weighted by Gasteiger charge is 2.34. The van der Waals surface area contributed by atoms with E-state index in [1.165, 1.54) is 0 Å². The summed E-state index contributed by atoms with van der Waals surface area (Å²) in [5.74, 6) is -4.09. The van der Waals surface area contributed by atoms with Crippen LogP contribution in [0, 0.1) is 0 Å². The summed E-state index contributed by atoms with van der Waals surface area (Å²) in [6, 6.07) is -1.67. The normalized spacial score (nSPS) is 16.3. The van der Waals surface area contributed by atoms with E-state index >= 15 is 0 Å². The number of ketones is 3. The van der Waals surface area contributed by atoms with Crippen LogP contribution >= 0.6 is 0 Å². The van der Waals surface area contributed by atoms with Gasteiger partial charge in [0.05, 0.1) is 6.10 Å². The van der Waals surface area contributed by atoms with Gasteiger partial charge in [-0.3, -0.25) is 14.4 Å². The van der Waals surface area contributed by atoms with Gasteiger partial charge < -0.3 is 21.1 Å². The lowest BCUT2D eigenvalue weighted by atomic mass is 9.97. The smallest absolute Gasteiger partial charge is 0.268 e. The standard InChI is InChI=1S/C9H15NO6/c1-2-4(12)7(14)6(10)9(16)8(15)5(13)3-11/h4,6-7,11-12,14H,2-3,10H2,1H3/t4?,6-,7?/m1/s1. The highest BCUT2D eigenvalue weighted by molar-refractivity contribution is 6.65. The van der Waals surface area contributed by atoms with Crippen molar-refractivity contribution in [1.29, 1.82) is 0 Å². The Morgan fingerprint density at radius 1 is 1.25 bits per heavy atom. The first-order valence-corrected chi connectivity index (χ1v) is 4.70. The zero-order chi connectivity index (χ0) is 12.9. The molecule has 0 bridgehead atoms. The van der Waals surface area contributed by atoms with Gasteiger partial charge in [0.2, 0.25) is 11.6 Å². The van der Waals surface area contributed by atoms with Crippen molar-refractivity contribution < 1.29 is 29.7 Å². The molecule has 0 saturated carbocycles. The van der Waals surface area contributed by atoms with Crippen molar-refractivity contribution in [2.24, 2.45) is 5.73 Å². The van der Waals surface area contributed by atoms with Crippen molar-refractivity contribution in [3.63, 3.8) is 0 Å². The summed E-state index contributed by atoms with van der Waals surface area (Å²) < 4.78 is 0. The minimum Gasteiger partial charge on any atom is -0.390 e. The molecule has 0 spiro atoms. The molecule has 0 aliphatic heterocycles. The molecule has 0 aromatic rings. The van der Waals surface area contributed by atoms with Gasteiger partial charge in [-0.25, -0.2) is 0 Å². The first-order valence-electron chi connectivity index (χ1n) is 4.70. The maximum absolute atomic E-state index is 11.2. The van der Waals surface area contributed by atoms with E-state index < -0.39 is 42.2 Å². The fourth-order valence-electron chi connectivity index (χ4n) is 0.997. The molecule has 0 rings (SSSR count). The summed E-state index contributed by atoms with van der Waals surface area (Å²) in [6.45, 7) is 0.454. The van der Waals surface area contributed by atoms with Gasteiger partial charge in [-0.2, -0.15) is 0 Å². The van der Waals surface area contributed by atoms with Crippen LogP contribution in [0.25, 0.3) is 0 Å². The van der Waals surface area contributed by atoms with Crippen LogP contribution in [-0.4, -0.2) is 57.5 Å². The topological polar surface area (TPSA) is 138 Å². The first kappa shape index (κ1) is 14.8. The highest BCUT2D eigenvalue weighted by Crippen LogP contribution is 2.03. The summed E-state index contributed by atoms with van der Waals surface area (Å²) >= 11 is 0. The Morgan fingerprint density at radius 3 is 2.12 bits per heavy atom. The number of carbonyl (C=O) groups excluding carboxylic acids is 3. The molecule has 5 N–H and O–H groups in total. The fraction of sp³-hybridized carbons (Fsp3) is 0.667. The van der Waals surface area contributed by atoms with E-state index in [1.807, 2.05) is 0 Å². The predicted molar refractivity (Wildman–Crippen MR) is 52.4 cm³/mol. The SMILES string of the molecule is CCC(O)C(O)[C@@H](N)C(=O)C(=O)C(=O)CO. The monoisotopic (exact) mass is 233 g/mol. The van der Waals surface area contributed by atoms with Gasteiger partial charge in [-0.1, -0.05) is 6.92 Å². The third-order valence-electron chi connectivity index (χ3n) is 2.10. The maximum Gasteiger partial charge on any atom is 0.268 e. The van der Waals surface area contributed by atoms with E-state index in [1.54, 1.807) is 6.92 Å². The lowest BCUT2D eigenvalue weighted by Crippen LogP contribution is -2.51. The molecule has 0 aliphatic rings. The van der Waals surface area contributed by atoms with Crippen LogP contribution in [0.5, 0.6) is 0 Å². The van der Waals surface area contributed by atoms with Gasteiger partial charge in [0.1, 0.15) is 18.8 Å². The quantitative estimate of drug-likeness (QED) is 0.274. The third-order valence-corrected chi connectivity index (χ3v) is 2.10. The number of nitrogens with two attached hydrogens (primary N) is 1. The van der Waals surface area contributed by atoms with E-state index in [-0.39, 0.29) is 6.42 Å². The molecule has 0 amide bonds. The van der Waals surface area contributed by atoms with Crippen molar-refractivity contribution in [2.45, 2.75) is 31.6 Å². The predicted octanol–water partition coefficient (Wildman–Crippen LogP) is -2.85. The summed E-state index contributed by atoms with van der Waals surface area (Å²) in [7, 11) is 0. The molecular formula is C9H15NO6. The number of Topliss-reactive ketones (excluding diaryl/α,β-unsaturated/α-hetero) is 3. The van der Waals surface area contributed by atoms with Crippen molar-refractivity contribution in [3.8, 4) is 0 Å². The summed E-state index contributed by atoms with van der Waals surface area (Å²) in [5, 5.41) is 26.9. The lowest BCUT2D eigenvalue weighted by molar-refractivity contribution is -0.147. The lowest BCUT2D eigenvalue weighted by Gasteiger charge is -2.20. The molecule has 16 heavy (non-hydrogen) atoms. The molecule has 0 fully saturated rings. The van der Waals surface area contributed by atoms with Gasteiger partial charge in [0.15, 0.2) is 0 Å². The summed E-state index contributed by atoms with van der Waals surface area (Å²) in [5.41, 5.74) is 5.22. The van der Waals surface area contributed by atoms with Crippen molar-refractivity contribution in [3.05, 3.63) is 0 Å². The minimum atomic E-state index is -1.67. The minimum absolute atomic E-state index is 0.143. The average molecular weight is 233 g/mol. The van der Waals surface area contributed by atoms with Crippen LogP contribution in [0.1, 0.15) is 13.3 Å². The summed E-state index contributed by atoms with van der Waals surface area (Å²) in [6.07, 6.45) is -2.73. The van der Waals surface area contributed by atoms with Crippen molar-refractivity contribution >= 4 is 17.3 Å². The Balaban J connectivity index is 4.61. The van der Waals surface area contributed by atoms with Gasteiger partial charge in [0.25, 0.3) is 5.78 Å². The Morgan fingerprint density at radius 2 is 1.75 bits per heavy atom. The van der Waals surface area contributed by atoms with Gasteiger partial charge in [-0.15, -0.1) is 0 Å². The second-order valence-electron chi connectivity index (χ2n) is 3.27. The van der Waals surface area contributed by atoms with E-state index in [2.05, 4.69) is 0 Å². The zero-order valence-corrected chi connectivity index (χ0v) is 8.79. The Hall–Kier alpha value is -1.15. The van der Waals surface area contributed by atoms with Gasteiger partial charge in [0, 0.05) is 0 Å². The molecule has 7 nitrogen and oxygen atoms in total. The molecule has 3 atom stereocenters. The molecule has 0 radical (unpaired) electrons. The Bertz CT molecular complexity index is 290. The summed E-state index contributed by atoms with van der Waals surface area (Å²) in [4.78, 5) is 32.9. The van der Waals surface area contributed by atoms with Crippen LogP contribution in [0.3, 0.4) is 0 Å². The Labute approximate surface area is 91.9 Å². The van der Waals surface area contributed by atoms with E-state index in [9.17, 15) is 24.6 Å². The number of aliphatic hydroxyl groups is 3. The molecule has 92 valence electrons. The molecule has 0 aromatic heterocycles. The molecule has 7 heteroatoms. The Kier molecular flexibility index (Phi) is 5.97. The van der Waals surface area contributed by atoms with Crippen LogP contribution in [0.4, 0.5) is 0 Å². The molecule has 0 heterocycles. The first-order chi connectivity index (χ1) is 7.36. The number of hydrogen-bond donors (Lipinski definition) is 4. The second kappa shape index (κ2) is 6.44. The van der Waals surface area contributed by atoms with E-state index in [0.717, 1.165) is 0 Å². The van der Waals surface area contributed by atoms with E-state index in [0.29, 0.717) is 0 Å². The molecular weight excluding hydrogens is 218 g/mol. The maximum atomic E-state index is 11.2. The zero-order valence-electron chi connectivity index (χ0n) is 8.79. The van der Waals surface area contributed by atoms with Crippen LogP contribution in [0.15, 0.2) is 0 Å².